The van der Waals surface area contributed by atoms with Crippen LogP contribution in [0, 0.1) is 5.82 Å². The minimum absolute atomic E-state index is 0.0793. The van der Waals surface area contributed by atoms with Gasteiger partial charge in [0.05, 0.1) is 10.0 Å². The Kier molecular flexibility index (Phi) is 5.08. The van der Waals surface area contributed by atoms with Gasteiger partial charge in [0.2, 0.25) is 5.78 Å². The molecule has 0 bridgehead atoms. The molecule has 2 rings (SSSR count). The highest BCUT2D eigenvalue weighted by molar-refractivity contribution is 6.39. The van der Waals surface area contributed by atoms with E-state index in [9.17, 15) is 19.1 Å². The molecule has 1 aliphatic heterocycles. The number of Topliss-reactive ketones (excluding diaryl/α,β-unsaturated/α-hetero) is 1. The number of carbonyl (C=O) groups excluding carboxylic acids is 1. The predicted octanol–water partition coefficient (Wildman–Crippen LogP) is 3.77. The van der Waals surface area contributed by atoms with Gasteiger partial charge in [-0.15, -0.1) is 0 Å². The van der Waals surface area contributed by atoms with Gasteiger partial charge in [0.1, 0.15) is 11.4 Å². The Morgan fingerprint density at radius 2 is 1.77 bits per heavy atom. The summed E-state index contributed by atoms with van der Waals surface area (Å²) in [4.78, 5) is 25.9. The predicted molar refractivity (Wildman–Crippen MR) is 81.9 cm³/mol. The van der Waals surface area contributed by atoms with Gasteiger partial charge in [0.15, 0.2) is 0 Å². The van der Waals surface area contributed by atoms with Crippen LogP contribution < -0.4 is 0 Å². The van der Waals surface area contributed by atoms with Crippen molar-refractivity contribution in [1.82, 2.24) is 4.90 Å². The molecule has 1 aromatic rings. The molecule has 1 fully saturated rings. The van der Waals surface area contributed by atoms with E-state index >= 15 is 0 Å². The van der Waals surface area contributed by atoms with Gasteiger partial charge in [-0.25, -0.2) is 9.18 Å². The number of carboxylic acids is 1. The summed E-state index contributed by atoms with van der Waals surface area (Å²) < 4.78 is 13.6. The number of carboxylic acid groups (broad SMARTS) is 1. The number of allylic oxidation sites excluding steroid dienone is 1. The fourth-order valence-corrected chi connectivity index (χ4v) is 2.93. The summed E-state index contributed by atoms with van der Waals surface area (Å²) >= 11 is 11.5. The van der Waals surface area contributed by atoms with E-state index in [-0.39, 0.29) is 15.6 Å². The fourth-order valence-electron chi connectivity index (χ4n) is 2.46. The van der Waals surface area contributed by atoms with Crippen molar-refractivity contribution in [3.8, 4) is 0 Å². The summed E-state index contributed by atoms with van der Waals surface area (Å²) in [6.07, 6.45) is 1.88. The molecule has 22 heavy (non-hydrogen) atoms. The Labute approximate surface area is 137 Å². The maximum Gasteiger partial charge on any atom is 0.341 e. The molecule has 0 amide bonds. The highest BCUT2D eigenvalue weighted by Crippen LogP contribution is 2.28. The van der Waals surface area contributed by atoms with E-state index in [1.54, 1.807) is 6.92 Å². The molecular weight excluding hydrogens is 332 g/mol. The zero-order chi connectivity index (χ0) is 16.4. The fraction of sp³-hybridized carbons (Fsp3) is 0.333. The van der Waals surface area contributed by atoms with E-state index in [4.69, 9.17) is 23.2 Å². The second-order valence-corrected chi connectivity index (χ2v) is 5.85. The Morgan fingerprint density at radius 1 is 1.18 bits per heavy atom. The third kappa shape index (κ3) is 3.25. The number of likely N-dealkylation sites (tertiary alicyclic amines) is 1. The normalized spacial score (nSPS) is 15.7. The van der Waals surface area contributed by atoms with Crippen LogP contribution in [0.3, 0.4) is 0 Å². The van der Waals surface area contributed by atoms with Crippen LogP contribution in [0.15, 0.2) is 23.4 Å². The maximum atomic E-state index is 13.6. The molecule has 0 aromatic heterocycles. The Bertz CT molecular complexity index is 667. The first-order valence-electron chi connectivity index (χ1n) is 6.71. The van der Waals surface area contributed by atoms with E-state index in [0.29, 0.717) is 18.8 Å². The molecule has 0 aliphatic carbocycles. The lowest BCUT2D eigenvalue weighted by Gasteiger charge is -2.20. The van der Waals surface area contributed by atoms with Crippen LogP contribution in [0.2, 0.25) is 10.0 Å². The zero-order valence-corrected chi connectivity index (χ0v) is 13.3. The number of hydrogen-bond acceptors (Lipinski definition) is 3. The molecule has 118 valence electrons. The lowest BCUT2D eigenvalue weighted by Crippen LogP contribution is -2.24. The van der Waals surface area contributed by atoms with E-state index in [1.165, 1.54) is 0 Å². The Hall–Kier alpha value is -1.59. The molecule has 1 saturated heterocycles. The summed E-state index contributed by atoms with van der Waals surface area (Å²) in [6.45, 7) is 2.96. The van der Waals surface area contributed by atoms with Crippen LogP contribution in [0.5, 0.6) is 0 Å². The van der Waals surface area contributed by atoms with Crippen LogP contribution in [-0.2, 0) is 4.79 Å². The van der Waals surface area contributed by atoms with Crippen LogP contribution in [-0.4, -0.2) is 34.8 Å². The van der Waals surface area contributed by atoms with Gasteiger partial charge in [-0.2, -0.15) is 0 Å². The van der Waals surface area contributed by atoms with Crippen LogP contribution in [0.25, 0.3) is 0 Å². The van der Waals surface area contributed by atoms with Gasteiger partial charge in [-0.05, 0) is 31.9 Å². The zero-order valence-electron chi connectivity index (χ0n) is 11.8. The lowest BCUT2D eigenvalue weighted by molar-refractivity contribution is -0.132. The average Bonchev–Trinajstić information content (AvgIpc) is 2.96. The van der Waals surface area contributed by atoms with E-state index in [1.807, 2.05) is 4.90 Å². The first-order chi connectivity index (χ1) is 10.3. The van der Waals surface area contributed by atoms with Crippen molar-refractivity contribution in [3.05, 3.63) is 44.8 Å². The molecular formula is C15H14Cl2FNO3. The van der Waals surface area contributed by atoms with Crippen molar-refractivity contribution in [2.24, 2.45) is 0 Å². The summed E-state index contributed by atoms with van der Waals surface area (Å²) in [6, 6.07) is 1.96. The van der Waals surface area contributed by atoms with E-state index in [2.05, 4.69) is 0 Å². The SMILES string of the molecule is CC(=C(C(=O)O)C(=O)c1cc(F)c(Cl)cc1Cl)N1CCCC1. The number of benzene rings is 1. The van der Waals surface area contributed by atoms with Crippen molar-refractivity contribution in [2.75, 3.05) is 13.1 Å². The van der Waals surface area contributed by atoms with Gasteiger partial charge in [0.25, 0.3) is 0 Å². The van der Waals surface area contributed by atoms with Crippen molar-refractivity contribution in [1.29, 1.82) is 0 Å². The topological polar surface area (TPSA) is 57.6 Å². The average molecular weight is 346 g/mol. The Balaban J connectivity index is 2.50. The summed E-state index contributed by atoms with van der Waals surface area (Å²) in [5.41, 5.74) is -0.244. The van der Waals surface area contributed by atoms with Crippen LogP contribution >= 0.6 is 23.2 Å². The molecule has 4 nitrogen and oxygen atoms in total. The smallest absolute Gasteiger partial charge is 0.341 e. The highest BCUT2D eigenvalue weighted by Gasteiger charge is 2.28. The quantitative estimate of drug-likeness (QED) is 0.296. The molecule has 7 heteroatoms. The number of rotatable bonds is 4. The van der Waals surface area contributed by atoms with Crippen molar-refractivity contribution in [3.63, 3.8) is 0 Å². The highest BCUT2D eigenvalue weighted by atomic mass is 35.5. The van der Waals surface area contributed by atoms with Crippen LogP contribution in [0.4, 0.5) is 4.39 Å². The summed E-state index contributed by atoms with van der Waals surface area (Å²) in [5.74, 6) is -3.00. The number of ketones is 1. The second-order valence-electron chi connectivity index (χ2n) is 5.04. The number of aliphatic carboxylic acids is 1. The number of hydrogen-bond donors (Lipinski definition) is 1. The molecule has 0 saturated carbocycles. The molecule has 0 unspecified atom stereocenters. The van der Waals surface area contributed by atoms with Gasteiger partial charge >= 0.3 is 5.97 Å². The van der Waals surface area contributed by atoms with E-state index in [0.717, 1.165) is 25.0 Å². The lowest BCUT2D eigenvalue weighted by atomic mass is 10.0. The van der Waals surface area contributed by atoms with Crippen molar-refractivity contribution in [2.45, 2.75) is 19.8 Å². The number of carbonyl (C=O) groups is 2. The molecule has 0 spiro atoms. The molecule has 1 aliphatic rings. The summed E-state index contributed by atoms with van der Waals surface area (Å²) in [7, 11) is 0. The molecule has 0 radical (unpaired) electrons. The van der Waals surface area contributed by atoms with Gasteiger partial charge in [-0.3, -0.25) is 4.79 Å². The Morgan fingerprint density at radius 3 is 2.32 bits per heavy atom. The minimum atomic E-state index is -1.36. The molecule has 0 atom stereocenters. The largest absolute Gasteiger partial charge is 0.477 e. The molecule has 1 aromatic carbocycles. The number of nitrogens with zero attached hydrogens (tertiary/aromatic N) is 1. The first-order valence-corrected chi connectivity index (χ1v) is 7.47. The minimum Gasteiger partial charge on any atom is -0.477 e. The van der Waals surface area contributed by atoms with E-state index < -0.39 is 23.1 Å². The monoisotopic (exact) mass is 345 g/mol. The standard InChI is InChI=1S/C15H14Cl2FNO3/c1-8(19-4-2-3-5-19)13(15(21)22)14(20)9-6-12(18)11(17)7-10(9)16/h6-7H,2-5H2,1H3,(H,21,22). The van der Waals surface area contributed by atoms with Crippen molar-refractivity contribution >= 4 is 35.0 Å². The van der Waals surface area contributed by atoms with Gasteiger partial charge in [-0.1, -0.05) is 23.2 Å². The first kappa shape index (κ1) is 16.8. The van der Waals surface area contributed by atoms with Gasteiger partial charge < -0.3 is 10.0 Å². The molecule has 1 heterocycles. The van der Waals surface area contributed by atoms with Crippen molar-refractivity contribution < 1.29 is 19.1 Å². The van der Waals surface area contributed by atoms with Gasteiger partial charge in [0, 0.05) is 24.4 Å². The maximum absolute atomic E-state index is 13.6. The third-order valence-corrected chi connectivity index (χ3v) is 4.24. The third-order valence-electron chi connectivity index (χ3n) is 3.64. The second kappa shape index (κ2) is 6.67. The number of halogens is 3. The molecule has 1 N–H and O–H groups in total. The summed E-state index contributed by atoms with van der Waals surface area (Å²) in [5, 5.41) is 9.08. The van der Waals surface area contributed by atoms with Crippen LogP contribution in [0.1, 0.15) is 30.1 Å².